The first kappa shape index (κ1) is 22.9. The van der Waals surface area contributed by atoms with Crippen LogP contribution in [0.1, 0.15) is 11.6 Å². The number of methoxy groups -OCH3 is 4. The fourth-order valence-corrected chi connectivity index (χ4v) is 4.04. The Hall–Kier alpha value is -4.27. The summed E-state index contributed by atoms with van der Waals surface area (Å²) in [4.78, 5) is 14.9. The fourth-order valence-electron chi connectivity index (χ4n) is 4.04. The van der Waals surface area contributed by atoms with E-state index in [9.17, 15) is 9.90 Å². The number of hydrogen-bond acceptors (Lipinski definition) is 8. The summed E-state index contributed by atoms with van der Waals surface area (Å²) in [5.41, 5.74) is 7.66. The molecule has 1 aliphatic rings. The van der Waals surface area contributed by atoms with E-state index in [2.05, 4.69) is 0 Å². The summed E-state index contributed by atoms with van der Waals surface area (Å²) in [5.74, 6) is 1.55. The molecule has 1 saturated heterocycles. The van der Waals surface area contributed by atoms with Crippen molar-refractivity contribution >= 4 is 17.3 Å². The van der Waals surface area contributed by atoms with Gasteiger partial charge in [0.15, 0.2) is 23.0 Å². The number of phenols is 1. The van der Waals surface area contributed by atoms with Crippen molar-refractivity contribution in [2.75, 3.05) is 39.1 Å². The van der Waals surface area contributed by atoms with Crippen LogP contribution in [0, 0.1) is 0 Å². The Morgan fingerprint density at radius 1 is 0.853 bits per heavy atom. The molecule has 0 aromatic heterocycles. The first-order valence-corrected chi connectivity index (χ1v) is 10.4. The van der Waals surface area contributed by atoms with E-state index in [4.69, 9.17) is 29.4 Å². The molecule has 3 N–H and O–H groups in total. The number of anilines is 2. The van der Waals surface area contributed by atoms with Crippen molar-refractivity contribution in [2.24, 2.45) is 0 Å². The minimum Gasteiger partial charge on any atom is -0.504 e. The van der Waals surface area contributed by atoms with E-state index < -0.39 is 12.1 Å². The lowest BCUT2D eigenvalue weighted by Gasteiger charge is -2.47. The van der Waals surface area contributed by atoms with Gasteiger partial charge in [-0.15, -0.1) is 0 Å². The molecule has 1 heterocycles. The summed E-state index contributed by atoms with van der Waals surface area (Å²) in [6.45, 7) is 0. The van der Waals surface area contributed by atoms with Gasteiger partial charge >= 0.3 is 0 Å². The second-order valence-electron chi connectivity index (χ2n) is 7.54. The third kappa shape index (κ3) is 3.85. The molecule has 0 spiro atoms. The molecule has 1 aliphatic heterocycles. The van der Waals surface area contributed by atoms with Crippen LogP contribution < -0.4 is 34.3 Å². The average Bonchev–Trinajstić information content (AvgIpc) is 2.86. The van der Waals surface area contributed by atoms with Gasteiger partial charge in [0, 0.05) is 29.4 Å². The predicted molar refractivity (Wildman–Crippen MR) is 126 cm³/mol. The van der Waals surface area contributed by atoms with Crippen LogP contribution >= 0.6 is 0 Å². The first-order chi connectivity index (χ1) is 16.4. The Labute approximate surface area is 197 Å². The van der Waals surface area contributed by atoms with E-state index in [-0.39, 0.29) is 17.4 Å². The van der Waals surface area contributed by atoms with Gasteiger partial charge < -0.3 is 34.5 Å². The molecule has 3 aromatic carbocycles. The van der Waals surface area contributed by atoms with E-state index in [0.717, 1.165) is 0 Å². The molecule has 34 heavy (non-hydrogen) atoms. The van der Waals surface area contributed by atoms with Gasteiger partial charge in [-0.25, -0.2) is 0 Å². The highest BCUT2D eigenvalue weighted by Crippen LogP contribution is 2.49. The minimum absolute atomic E-state index is 0.102. The van der Waals surface area contributed by atoms with Gasteiger partial charge in [-0.2, -0.15) is 0 Å². The molecule has 0 bridgehead atoms. The zero-order chi connectivity index (χ0) is 24.4. The van der Waals surface area contributed by atoms with Gasteiger partial charge in [0.2, 0.25) is 11.9 Å². The van der Waals surface area contributed by atoms with Crippen LogP contribution in [0.15, 0.2) is 54.6 Å². The third-order valence-electron chi connectivity index (χ3n) is 5.68. The van der Waals surface area contributed by atoms with Crippen LogP contribution in [0.3, 0.4) is 0 Å². The normalized spacial score (nSPS) is 17.1. The summed E-state index contributed by atoms with van der Waals surface area (Å²) in [7, 11) is 5.93. The summed E-state index contributed by atoms with van der Waals surface area (Å²) in [6, 6.07) is 14.7. The molecule has 0 unspecified atom stereocenters. The lowest BCUT2D eigenvalue weighted by molar-refractivity contribution is -0.135. The lowest BCUT2D eigenvalue weighted by Crippen LogP contribution is -2.61. The SMILES string of the molecule is COc1cc(N)c([C@@H]2[C@H](Oc3ccccc3)C(=O)N2c2cc(OC)c(OC)c(OC)c2)cc1O. The van der Waals surface area contributed by atoms with E-state index in [1.54, 1.807) is 24.3 Å². The van der Waals surface area contributed by atoms with E-state index >= 15 is 0 Å². The number of nitrogens with two attached hydrogens (primary N) is 1. The van der Waals surface area contributed by atoms with Gasteiger partial charge in [-0.05, 0) is 18.2 Å². The molecule has 4 rings (SSSR count). The molecule has 1 fully saturated rings. The van der Waals surface area contributed by atoms with Crippen molar-refractivity contribution in [3.05, 3.63) is 60.2 Å². The molecule has 9 heteroatoms. The number of rotatable bonds is 8. The zero-order valence-corrected chi connectivity index (χ0v) is 19.3. The molecule has 0 radical (unpaired) electrons. The van der Waals surface area contributed by atoms with Gasteiger partial charge in [0.25, 0.3) is 5.91 Å². The number of hydrogen-bond donors (Lipinski definition) is 2. The number of carbonyl (C=O) groups excluding carboxylic acids is 1. The zero-order valence-electron chi connectivity index (χ0n) is 19.3. The first-order valence-electron chi connectivity index (χ1n) is 10.4. The van der Waals surface area contributed by atoms with Crippen LogP contribution in [0.2, 0.25) is 0 Å². The number of amides is 1. The Morgan fingerprint density at radius 2 is 1.47 bits per heavy atom. The monoisotopic (exact) mass is 466 g/mol. The van der Waals surface area contributed by atoms with Crippen molar-refractivity contribution in [1.82, 2.24) is 0 Å². The van der Waals surface area contributed by atoms with Gasteiger partial charge in [-0.3, -0.25) is 9.69 Å². The highest BCUT2D eigenvalue weighted by Gasteiger charge is 2.52. The number of carbonyl (C=O) groups is 1. The Bertz CT molecular complexity index is 1170. The van der Waals surface area contributed by atoms with Crippen molar-refractivity contribution in [1.29, 1.82) is 0 Å². The Kier molecular flexibility index (Phi) is 6.27. The minimum atomic E-state index is -0.878. The lowest BCUT2D eigenvalue weighted by atomic mass is 9.88. The maximum atomic E-state index is 13.4. The molecule has 0 saturated carbocycles. The fraction of sp³-hybridized carbons (Fsp3) is 0.240. The van der Waals surface area contributed by atoms with Gasteiger partial charge in [0.1, 0.15) is 11.8 Å². The van der Waals surface area contributed by atoms with Crippen LogP contribution in [0.5, 0.6) is 34.5 Å². The summed E-state index contributed by atoms with van der Waals surface area (Å²) < 4.78 is 27.5. The smallest absolute Gasteiger partial charge is 0.271 e. The summed E-state index contributed by atoms with van der Waals surface area (Å²) in [5, 5.41) is 10.4. The Morgan fingerprint density at radius 3 is 2.03 bits per heavy atom. The molecule has 0 aliphatic carbocycles. The number of β-lactam (4-membered cyclic amide) rings is 1. The second-order valence-corrected chi connectivity index (χ2v) is 7.54. The number of nitrogen functional groups attached to an aromatic ring is 1. The number of para-hydroxylation sites is 1. The average molecular weight is 466 g/mol. The topological polar surface area (TPSA) is 113 Å². The van der Waals surface area contributed by atoms with E-state index in [0.29, 0.717) is 39.9 Å². The number of phenolic OH excluding ortho intramolecular Hbond substituents is 1. The number of benzene rings is 3. The van der Waals surface area contributed by atoms with Crippen LogP contribution in [0.4, 0.5) is 11.4 Å². The predicted octanol–water partition coefficient (Wildman–Crippen LogP) is 3.54. The third-order valence-corrected chi connectivity index (χ3v) is 5.68. The van der Waals surface area contributed by atoms with Crippen molar-refractivity contribution < 1.29 is 33.6 Å². The van der Waals surface area contributed by atoms with Gasteiger partial charge in [-0.1, -0.05) is 18.2 Å². The molecule has 2 atom stereocenters. The highest BCUT2D eigenvalue weighted by atomic mass is 16.5. The molecule has 1 amide bonds. The maximum Gasteiger partial charge on any atom is 0.271 e. The molecule has 3 aromatic rings. The van der Waals surface area contributed by atoms with Gasteiger partial charge in [0.05, 0.1) is 34.1 Å². The summed E-state index contributed by atoms with van der Waals surface area (Å²) in [6.07, 6.45) is -0.878. The second kappa shape index (κ2) is 9.30. The number of aromatic hydroxyl groups is 1. The molecule has 9 nitrogen and oxygen atoms in total. The van der Waals surface area contributed by atoms with Crippen LogP contribution in [0.25, 0.3) is 0 Å². The molecular weight excluding hydrogens is 440 g/mol. The quantitative estimate of drug-likeness (QED) is 0.295. The molecule has 178 valence electrons. The molecular formula is C25H26N2O7. The maximum absolute atomic E-state index is 13.4. The van der Waals surface area contributed by atoms with Crippen molar-refractivity contribution in [3.63, 3.8) is 0 Å². The van der Waals surface area contributed by atoms with E-state index in [1.165, 1.54) is 45.5 Å². The summed E-state index contributed by atoms with van der Waals surface area (Å²) >= 11 is 0. The standard InChI is InChI=1S/C25H26N2O7/c1-30-19-13-17(26)16(12-18(19)28)22-24(34-15-8-6-5-7-9-15)25(29)27(22)14-10-20(31-2)23(33-4)21(11-14)32-3/h5-13,22,24,28H,26H2,1-4H3/t22-,24+/m1/s1. The van der Waals surface area contributed by atoms with Crippen LogP contribution in [-0.4, -0.2) is 45.6 Å². The van der Waals surface area contributed by atoms with Crippen LogP contribution in [-0.2, 0) is 4.79 Å². The largest absolute Gasteiger partial charge is 0.504 e. The highest BCUT2D eigenvalue weighted by molar-refractivity contribution is 6.06. The van der Waals surface area contributed by atoms with Crippen molar-refractivity contribution in [3.8, 4) is 34.5 Å². The van der Waals surface area contributed by atoms with Crippen molar-refractivity contribution in [2.45, 2.75) is 12.1 Å². The Balaban J connectivity index is 1.82. The number of nitrogens with zero attached hydrogens (tertiary/aromatic N) is 1. The van der Waals surface area contributed by atoms with E-state index in [1.807, 2.05) is 18.2 Å². The number of ether oxygens (including phenoxy) is 5.